The second-order valence-corrected chi connectivity index (χ2v) is 4.90. The molecule has 1 atom stereocenters. The third kappa shape index (κ3) is 3.81. The van der Waals surface area contributed by atoms with Gasteiger partial charge in [-0.2, -0.15) is 0 Å². The first-order valence-electron chi connectivity index (χ1n) is 6.70. The normalized spacial score (nSPS) is 12.2. The van der Waals surface area contributed by atoms with Crippen molar-refractivity contribution in [3.63, 3.8) is 0 Å². The summed E-state index contributed by atoms with van der Waals surface area (Å²) in [5, 5.41) is 9.49. The molecule has 3 heteroatoms. The molecule has 2 aromatic rings. The largest absolute Gasteiger partial charge is 0.497 e. The van der Waals surface area contributed by atoms with Crippen LogP contribution in [0.1, 0.15) is 11.1 Å². The summed E-state index contributed by atoms with van der Waals surface area (Å²) in [7, 11) is 1.63. The lowest BCUT2D eigenvalue weighted by molar-refractivity contribution is 0.224. The predicted molar refractivity (Wildman–Crippen MR) is 77.4 cm³/mol. The van der Waals surface area contributed by atoms with E-state index in [4.69, 9.17) is 4.74 Å². The van der Waals surface area contributed by atoms with Gasteiger partial charge in [0.2, 0.25) is 0 Å². The fraction of sp³-hybridized carbons (Fsp3) is 0.294. The summed E-state index contributed by atoms with van der Waals surface area (Å²) in [6.45, 7) is 0.0420. The average Bonchev–Trinajstić information content (AvgIpc) is 2.49. The SMILES string of the molecule is COc1ccc(CC(CO)Cc2ccccc2F)cc1. The standard InChI is InChI=1S/C17H19FO2/c1-20-16-8-6-13(7-9-16)10-14(12-19)11-15-4-2-3-5-17(15)18/h2-9,14,19H,10-12H2,1H3. The second kappa shape index (κ2) is 7.06. The van der Waals surface area contributed by atoms with Gasteiger partial charge in [0.25, 0.3) is 0 Å². The molecule has 0 heterocycles. The number of hydrogen-bond donors (Lipinski definition) is 1. The van der Waals surface area contributed by atoms with E-state index in [9.17, 15) is 9.50 Å². The molecule has 0 aliphatic rings. The van der Waals surface area contributed by atoms with Gasteiger partial charge in [-0.15, -0.1) is 0 Å². The highest BCUT2D eigenvalue weighted by Crippen LogP contribution is 2.18. The number of benzene rings is 2. The molecule has 0 aliphatic carbocycles. The third-order valence-electron chi connectivity index (χ3n) is 3.41. The summed E-state index contributed by atoms with van der Waals surface area (Å²) in [6.07, 6.45) is 1.25. The van der Waals surface area contributed by atoms with Crippen LogP contribution in [0.2, 0.25) is 0 Å². The minimum atomic E-state index is -0.208. The van der Waals surface area contributed by atoms with Crippen LogP contribution in [0, 0.1) is 11.7 Å². The van der Waals surface area contributed by atoms with E-state index in [1.54, 1.807) is 19.2 Å². The lowest BCUT2D eigenvalue weighted by Crippen LogP contribution is -2.13. The van der Waals surface area contributed by atoms with Crippen molar-refractivity contribution in [1.82, 2.24) is 0 Å². The molecule has 0 saturated carbocycles. The molecule has 0 amide bonds. The molecule has 2 rings (SSSR count). The van der Waals surface area contributed by atoms with E-state index in [0.29, 0.717) is 12.0 Å². The van der Waals surface area contributed by atoms with Gasteiger partial charge >= 0.3 is 0 Å². The Hall–Kier alpha value is -1.87. The Morgan fingerprint density at radius 3 is 2.35 bits per heavy atom. The molecule has 0 fully saturated rings. The maximum Gasteiger partial charge on any atom is 0.126 e. The van der Waals surface area contributed by atoms with Gasteiger partial charge in [0.1, 0.15) is 11.6 Å². The lowest BCUT2D eigenvalue weighted by Gasteiger charge is -2.15. The molecule has 1 N–H and O–H groups in total. The van der Waals surface area contributed by atoms with Gasteiger partial charge in [0.15, 0.2) is 0 Å². The van der Waals surface area contributed by atoms with Gasteiger partial charge in [-0.25, -0.2) is 4.39 Å². The zero-order valence-corrected chi connectivity index (χ0v) is 11.6. The lowest BCUT2D eigenvalue weighted by atomic mass is 9.93. The summed E-state index contributed by atoms with van der Waals surface area (Å²) >= 11 is 0. The maximum absolute atomic E-state index is 13.6. The number of aliphatic hydroxyl groups excluding tert-OH is 1. The molecule has 2 nitrogen and oxygen atoms in total. The number of aliphatic hydroxyl groups is 1. The Morgan fingerprint density at radius 1 is 1.05 bits per heavy atom. The number of ether oxygens (including phenoxy) is 1. The summed E-state index contributed by atoms with van der Waals surface area (Å²) in [6, 6.07) is 14.5. The molecular formula is C17H19FO2. The number of rotatable bonds is 6. The maximum atomic E-state index is 13.6. The van der Waals surface area contributed by atoms with Gasteiger partial charge < -0.3 is 9.84 Å². The third-order valence-corrected chi connectivity index (χ3v) is 3.41. The highest BCUT2D eigenvalue weighted by atomic mass is 19.1. The van der Waals surface area contributed by atoms with Crippen molar-refractivity contribution < 1.29 is 14.2 Å². The Balaban J connectivity index is 2.03. The van der Waals surface area contributed by atoms with Gasteiger partial charge in [0.05, 0.1) is 7.11 Å². The van der Waals surface area contributed by atoms with Crippen LogP contribution in [0.3, 0.4) is 0 Å². The zero-order valence-electron chi connectivity index (χ0n) is 11.6. The fourth-order valence-corrected chi connectivity index (χ4v) is 2.27. The topological polar surface area (TPSA) is 29.5 Å². The Morgan fingerprint density at radius 2 is 1.75 bits per heavy atom. The van der Waals surface area contributed by atoms with Crippen LogP contribution in [0.4, 0.5) is 4.39 Å². The van der Waals surface area contributed by atoms with E-state index in [1.165, 1.54) is 6.07 Å². The quantitative estimate of drug-likeness (QED) is 0.876. The van der Waals surface area contributed by atoms with Crippen molar-refractivity contribution in [3.8, 4) is 5.75 Å². The zero-order chi connectivity index (χ0) is 14.4. The van der Waals surface area contributed by atoms with E-state index >= 15 is 0 Å². The smallest absolute Gasteiger partial charge is 0.126 e. The highest BCUT2D eigenvalue weighted by molar-refractivity contribution is 5.27. The van der Waals surface area contributed by atoms with Crippen LogP contribution in [-0.2, 0) is 12.8 Å². The molecule has 0 aromatic heterocycles. The van der Waals surface area contributed by atoms with Gasteiger partial charge in [-0.1, -0.05) is 30.3 Å². The van der Waals surface area contributed by atoms with Crippen molar-refractivity contribution in [2.24, 2.45) is 5.92 Å². The Labute approximate surface area is 118 Å². The average molecular weight is 274 g/mol. The molecule has 0 bridgehead atoms. The molecule has 0 spiro atoms. The monoisotopic (exact) mass is 274 g/mol. The molecule has 1 unspecified atom stereocenters. The molecular weight excluding hydrogens is 255 g/mol. The van der Waals surface area contributed by atoms with E-state index in [0.717, 1.165) is 17.7 Å². The van der Waals surface area contributed by atoms with E-state index in [2.05, 4.69) is 0 Å². The van der Waals surface area contributed by atoms with Crippen LogP contribution in [-0.4, -0.2) is 18.8 Å². The van der Waals surface area contributed by atoms with Crippen molar-refractivity contribution in [2.45, 2.75) is 12.8 Å². The Kier molecular flexibility index (Phi) is 5.13. The van der Waals surface area contributed by atoms with E-state index < -0.39 is 0 Å². The van der Waals surface area contributed by atoms with Crippen LogP contribution in [0.25, 0.3) is 0 Å². The highest BCUT2D eigenvalue weighted by Gasteiger charge is 2.12. The summed E-state index contributed by atoms with van der Waals surface area (Å²) in [5.74, 6) is 0.615. The second-order valence-electron chi connectivity index (χ2n) is 4.90. The van der Waals surface area contributed by atoms with Crippen LogP contribution < -0.4 is 4.74 Å². The molecule has 0 radical (unpaired) electrons. The van der Waals surface area contributed by atoms with Crippen LogP contribution in [0.15, 0.2) is 48.5 Å². The first kappa shape index (κ1) is 14.5. The van der Waals surface area contributed by atoms with Crippen molar-refractivity contribution in [2.75, 3.05) is 13.7 Å². The summed E-state index contributed by atoms with van der Waals surface area (Å²) in [5.41, 5.74) is 1.77. The molecule has 2 aromatic carbocycles. The van der Waals surface area contributed by atoms with E-state index in [1.807, 2.05) is 30.3 Å². The van der Waals surface area contributed by atoms with Crippen molar-refractivity contribution in [1.29, 1.82) is 0 Å². The van der Waals surface area contributed by atoms with E-state index in [-0.39, 0.29) is 18.3 Å². The molecule has 20 heavy (non-hydrogen) atoms. The van der Waals surface area contributed by atoms with Gasteiger partial charge in [-0.3, -0.25) is 0 Å². The summed E-state index contributed by atoms with van der Waals surface area (Å²) in [4.78, 5) is 0. The van der Waals surface area contributed by atoms with Crippen molar-refractivity contribution >= 4 is 0 Å². The minimum Gasteiger partial charge on any atom is -0.497 e. The fourth-order valence-electron chi connectivity index (χ4n) is 2.27. The van der Waals surface area contributed by atoms with Gasteiger partial charge in [-0.05, 0) is 48.1 Å². The minimum absolute atomic E-state index is 0.0142. The Bertz CT molecular complexity index is 537. The number of halogens is 1. The first-order valence-corrected chi connectivity index (χ1v) is 6.70. The predicted octanol–water partition coefficient (Wildman–Crippen LogP) is 3.23. The molecule has 0 saturated heterocycles. The molecule has 0 aliphatic heterocycles. The van der Waals surface area contributed by atoms with Crippen LogP contribution in [0.5, 0.6) is 5.75 Å². The number of hydrogen-bond acceptors (Lipinski definition) is 2. The summed E-state index contributed by atoms with van der Waals surface area (Å²) < 4.78 is 18.7. The molecule has 106 valence electrons. The van der Waals surface area contributed by atoms with Crippen molar-refractivity contribution in [3.05, 3.63) is 65.5 Å². The number of methoxy groups -OCH3 is 1. The first-order chi connectivity index (χ1) is 9.72. The van der Waals surface area contributed by atoms with Gasteiger partial charge in [0, 0.05) is 6.61 Å². The van der Waals surface area contributed by atoms with Crippen LogP contribution >= 0.6 is 0 Å².